The minimum atomic E-state index is -3.75. The Balaban J connectivity index is 1.94. The summed E-state index contributed by atoms with van der Waals surface area (Å²) in [5.41, 5.74) is 0. The second kappa shape index (κ2) is 7.41. The maximum atomic E-state index is 13.3. The normalized spacial score (nSPS) is 11.4. The van der Waals surface area contributed by atoms with E-state index in [0.717, 1.165) is 0 Å². The smallest absolute Gasteiger partial charge is 0.242 e. The molecule has 2 aromatic carbocycles. The molecule has 4 nitrogen and oxygen atoms in total. The maximum absolute atomic E-state index is 13.3. The minimum absolute atomic E-state index is 0.00564. The molecule has 0 aromatic heterocycles. The summed E-state index contributed by atoms with van der Waals surface area (Å²) in [6, 6.07) is 10.4. The van der Waals surface area contributed by atoms with Crippen molar-refractivity contribution in [1.82, 2.24) is 4.72 Å². The first-order valence-electron chi connectivity index (χ1n) is 6.22. The average molecular weight is 409 g/mol. The lowest BCUT2D eigenvalue weighted by molar-refractivity contribution is 0.306. The van der Waals surface area contributed by atoms with Crippen LogP contribution < -0.4 is 9.46 Å². The zero-order valence-electron chi connectivity index (χ0n) is 11.2. The molecular formula is C14H12BrClFNO3S. The van der Waals surface area contributed by atoms with Crippen molar-refractivity contribution in [2.75, 3.05) is 13.2 Å². The topological polar surface area (TPSA) is 55.4 Å². The van der Waals surface area contributed by atoms with Crippen LogP contribution in [-0.2, 0) is 10.0 Å². The highest BCUT2D eigenvalue weighted by molar-refractivity contribution is 9.10. The molecule has 0 saturated carbocycles. The lowest BCUT2D eigenvalue weighted by Gasteiger charge is -2.10. The van der Waals surface area contributed by atoms with Gasteiger partial charge in [0.25, 0.3) is 0 Å². The van der Waals surface area contributed by atoms with E-state index in [1.54, 1.807) is 18.2 Å². The maximum Gasteiger partial charge on any atom is 0.242 e. The van der Waals surface area contributed by atoms with Gasteiger partial charge in [-0.15, -0.1) is 0 Å². The number of rotatable bonds is 6. The quantitative estimate of drug-likeness (QED) is 0.743. The van der Waals surface area contributed by atoms with E-state index in [4.69, 9.17) is 16.3 Å². The van der Waals surface area contributed by atoms with Gasteiger partial charge in [0.2, 0.25) is 10.0 Å². The molecule has 2 rings (SSSR count). The van der Waals surface area contributed by atoms with Crippen molar-refractivity contribution < 1.29 is 17.5 Å². The van der Waals surface area contributed by atoms with Gasteiger partial charge in [0, 0.05) is 11.0 Å². The minimum Gasteiger partial charge on any atom is -0.489 e. The van der Waals surface area contributed by atoms with Gasteiger partial charge < -0.3 is 4.74 Å². The SMILES string of the molecule is O=S(=O)(NCCOc1ccccc1F)c1ccc(Br)cc1Cl. The molecule has 0 aliphatic heterocycles. The van der Waals surface area contributed by atoms with Crippen LogP contribution in [0.5, 0.6) is 5.75 Å². The summed E-state index contributed by atoms with van der Waals surface area (Å²) in [5, 5.41) is 0.108. The zero-order valence-corrected chi connectivity index (χ0v) is 14.4. The number of nitrogens with one attached hydrogen (secondary N) is 1. The van der Waals surface area contributed by atoms with Gasteiger partial charge in [-0.25, -0.2) is 17.5 Å². The number of sulfonamides is 1. The predicted molar refractivity (Wildman–Crippen MR) is 86.2 cm³/mol. The van der Waals surface area contributed by atoms with Crippen molar-refractivity contribution >= 4 is 37.6 Å². The summed E-state index contributed by atoms with van der Waals surface area (Å²) in [7, 11) is -3.75. The molecule has 0 aliphatic carbocycles. The van der Waals surface area contributed by atoms with E-state index < -0.39 is 15.8 Å². The summed E-state index contributed by atoms with van der Waals surface area (Å²) < 4.78 is 45.7. The number of para-hydroxylation sites is 1. The first-order valence-corrected chi connectivity index (χ1v) is 8.87. The largest absolute Gasteiger partial charge is 0.489 e. The molecule has 0 amide bonds. The Morgan fingerprint density at radius 2 is 1.95 bits per heavy atom. The Bertz CT molecular complexity index is 770. The fraction of sp³-hybridized carbons (Fsp3) is 0.143. The Morgan fingerprint density at radius 3 is 2.64 bits per heavy atom. The van der Waals surface area contributed by atoms with Crippen LogP contribution in [0.2, 0.25) is 5.02 Å². The summed E-state index contributed by atoms with van der Waals surface area (Å²) in [4.78, 5) is -0.0248. The van der Waals surface area contributed by atoms with Crippen LogP contribution >= 0.6 is 27.5 Å². The van der Waals surface area contributed by atoms with Gasteiger partial charge in [-0.1, -0.05) is 39.7 Å². The highest BCUT2D eigenvalue weighted by Gasteiger charge is 2.17. The molecule has 0 aliphatic rings. The molecule has 0 spiro atoms. The zero-order chi connectivity index (χ0) is 16.2. The highest BCUT2D eigenvalue weighted by Crippen LogP contribution is 2.25. The van der Waals surface area contributed by atoms with Gasteiger partial charge in [0.05, 0.1) is 5.02 Å². The Hall–Kier alpha value is -1.15. The number of benzene rings is 2. The van der Waals surface area contributed by atoms with Gasteiger partial charge in [-0.2, -0.15) is 0 Å². The predicted octanol–water partition coefficient (Wildman–Crippen LogP) is 3.60. The molecule has 22 heavy (non-hydrogen) atoms. The summed E-state index contributed by atoms with van der Waals surface area (Å²) in [5.74, 6) is -0.426. The third-order valence-corrected chi connectivity index (χ3v) is 5.11. The molecule has 1 N–H and O–H groups in total. The molecule has 0 saturated heterocycles. The molecule has 2 aromatic rings. The molecule has 0 fully saturated rings. The van der Waals surface area contributed by atoms with Crippen molar-refractivity contribution in [3.63, 3.8) is 0 Å². The van der Waals surface area contributed by atoms with Gasteiger partial charge in [-0.05, 0) is 30.3 Å². The van der Waals surface area contributed by atoms with Crippen LogP contribution in [0.1, 0.15) is 0 Å². The monoisotopic (exact) mass is 407 g/mol. The van der Waals surface area contributed by atoms with Crippen molar-refractivity contribution in [2.45, 2.75) is 4.90 Å². The molecular weight excluding hydrogens is 397 g/mol. The van der Waals surface area contributed by atoms with Crippen molar-refractivity contribution in [3.8, 4) is 5.75 Å². The van der Waals surface area contributed by atoms with Crippen molar-refractivity contribution in [2.24, 2.45) is 0 Å². The van der Waals surface area contributed by atoms with Crippen LogP contribution in [-0.4, -0.2) is 21.6 Å². The second-order valence-electron chi connectivity index (χ2n) is 4.25. The van der Waals surface area contributed by atoms with E-state index in [1.165, 1.54) is 24.3 Å². The summed E-state index contributed by atoms with van der Waals surface area (Å²) >= 11 is 9.12. The lowest BCUT2D eigenvalue weighted by atomic mass is 10.3. The Labute approximate surface area is 141 Å². The fourth-order valence-corrected chi connectivity index (χ4v) is 3.72. The number of halogens is 3. The first kappa shape index (κ1) is 17.2. The van der Waals surface area contributed by atoms with E-state index in [2.05, 4.69) is 20.7 Å². The van der Waals surface area contributed by atoms with Gasteiger partial charge >= 0.3 is 0 Å². The van der Waals surface area contributed by atoms with E-state index >= 15 is 0 Å². The van der Waals surface area contributed by atoms with Crippen LogP contribution in [0.25, 0.3) is 0 Å². The molecule has 0 atom stereocenters. The number of ether oxygens (including phenoxy) is 1. The van der Waals surface area contributed by atoms with E-state index in [9.17, 15) is 12.8 Å². The average Bonchev–Trinajstić information content (AvgIpc) is 2.45. The third-order valence-electron chi connectivity index (χ3n) is 2.67. The summed E-state index contributed by atoms with van der Waals surface area (Å²) in [6.07, 6.45) is 0. The first-order chi connectivity index (χ1) is 10.4. The molecule has 8 heteroatoms. The van der Waals surface area contributed by atoms with Crippen LogP contribution in [0.4, 0.5) is 4.39 Å². The fourth-order valence-electron chi connectivity index (χ4n) is 1.67. The molecule has 0 bridgehead atoms. The summed E-state index contributed by atoms with van der Waals surface area (Å²) in [6.45, 7) is -0.0165. The van der Waals surface area contributed by atoms with Gasteiger partial charge in [0.1, 0.15) is 11.5 Å². The third kappa shape index (κ3) is 4.42. The molecule has 0 unspecified atom stereocenters. The highest BCUT2D eigenvalue weighted by atomic mass is 79.9. The Kier molecular flexibility index (Phi) is 5.80. The standard InChI is InChI=1S/C14H12BrClFNO3S/c15-10-5-6-14(11(16)9-10)22(19,20)18-7-8-21-13-4-2-1-3-12(13)17/h1-6,9,18H,7-8H2. The van der Waals surface area contributed by atoms with Crippen LogP contribution in [0, 0.1) is 5.82 Å². The Morgan fingerprint density at radius 1 is 1.23 bits per heavy atom. The lowest BCUT2D eigenvalue weighted by Crippen LogP contribution is -2.28. The van der Waals surface area contributed by atoms with Crippen molar-refractivity contribution in [1.29, 1.82) is 0 Å². The van der Waals surface area contributed by atoms with E-state index in [1.807, 2.05) is 0 Å². The van der Waals surface area contributed by atoms with Gasteiger partial charge in [0.15, 0.2) is 11.6 Å². The van der Waals surface area contributed by atoms with Gasteiger partial charge in [-0.3, -0.25) is 0 Å². The van der Waals surface area contributed by atoms with E-state index in [-0.39, 0.29) is 28.8 Å². The van der Waals surface area contributed by atoms with E-state index in [0.29, 0.717) is 4.47 Å². The molecule has 0 heterocycles. The number of hydrogen-bond acceptors (Lipinski definition) is 3. The van der Waals surface area contributed by atoms with Crippen molar-refractivity contribution in [3.05, 3.63) is 57.8 Å². The van der Waals surface area contributed by atoms with Crippen LogP contribution in [0.3, 0.4) is 0 Å². The second-order valence-corrected chi connectivity index (χ2v) is 7.31. The molecule has 118 valence electrons. The molecule has 0 radical (unpaired) electrons. The van der Waals surface area contributed by atoms with Crippen LogP contribution in [0.15, 0.2) is 51.8 Å². The number of hydrogen-bond donors (Lipinski definition) is 1.